The summed E-state index contributed by atoms with van der Waals surface area (Å²) in [5.74, 6) is -16.8. The summed E-state index contributed by atoms with van der Waals surface area (Å²) in [7, 11) is 0. The van der Waals surface area contributed by atoms with Crippen molar-refractivity contribution < 1.29 is 87.9 Å². The molecule has 0 aromatic carbocycles. The van der Waals surface area contributed by atoms with Gasteiger partial charge in [0.05, 0.1) is 31.0 Å². The maximum atomic E-state index is 14.3. The Labute approximate surface area is 480 Å². The molecule has 0 saturated heterocycles. The number of carboxylic acids is 3. The zero-order valence-electron chi connectivity index (χ0n) is 48.6. The van der Waals surface area contributed by atoms with Gasteiger partial charge in [-0.15, -0.1) is 0 Å². The minimum atomic E-state index is -1.94. The number of primary amides is 1. The second kappa shape index (κ2) is 35.9. The molecule has 0 saturated carbocycles. The number of hydrogen-bond donors (Lipinski definition) is 17. The van der Waals surface area contributed by atoms with E-state index in [-0.39, 0.29) is 37.3 Å². The molecule has 0 bridgehead atoms. The van der Waals surface area contributed by atoms with Crippen molar-refractivity contribution in [1.82, 2.24) is 57.8 Å². The van der Waals surface area contributed by atoms with Crippen molar-refractivity contribution in [3.05, 3.63) is 18.2 Å². The Balaban J connectivity index is 3.55. The van der Waals surface area contributed by atoms with Gasteiger partial charge in [0.1, 0.15) is 54.4 Å². The molecule has 1 aromatic rings. The number of aliphatic hydroxyl groups excluding tert-OH is 2. The van der Waals surface area contributed by atoms with E-state index in [1.807, 2.05) is 0 Å². The third kappa shape index (κ3) is 25.5. The number of amides is 10. The van der Waals surface area contributed by atoms with Crippen LogP contribution in [0.15, 0.2) is 12.5 Å². The Morgan fingerprint density at radius 2 is 0.892 bits per heavy atom. The number of aromatic nitrogens is 2. The number of rotatable bonds is 39. The van der Waals surface area contributed by atoms with Gasteiger partial charge in [-0.25, -0.2) is 9.78 Å². The number of nitrogens with zero attached hydrogens (tertiary/aromatic N) is 1. The van der Waals surface area contributed by atoms with Gasteiger partial charge in [0.2, 0.25) is 59.1 Å². The summed E-state index contributed by atoms with van der Waals surface area (Å²) >= 11 is 0. The highest BCUT2D eigenvalue weighted by Crippen LogP contribution is 2.15. The van der Waals surface area contributed by atoms with Crippen molar-refractivity contribution in [3.63, 3.8) is 0 Å². The highest BCUT2D eigenvalue weighted by molar-refractivity contribution is 5.99. The normalized spacial score (nSPS) is 16.7. The van der Waals surface area contributed by atoms with Crippen molar-refractivity contribution in [3.8, 4) is 0 Å². The van der Waals surface area contributed by atoms with Gasteiger partial charge < -0.3 is 89.8 Å². The van der Waals surface area contributed by atoms with E-state index >= 15 is 0 Å². The zero-order valence-corrected chi connectivity index (χ0v) is 48.6. The van der Waals surface area contributed by atoms with Crippen molar-refractivity contribution in [1.29, 1.82) is 0 Å². The number of aromatic amines is 1. The average Bonchev–Trinajstić information content (AvgIpc) is 3.94. The van der Waals surface area contributed by atoms with Gasteiger partial charge in [-0.2, -0.15) is 0 Å². The molecule has 0 unspecified atom stereocenters. The number of H-pyrrole nitrogens is 1. The number of nitrogens with one attached hydrogen (secondary N) is 10. The Hall–Kier alpha value is -7.80. The van der Waals surface area contributed by atoms with Gasteiger partial charge in [0.15, 0.2) is 0 Å². The molecule has 0 fully saturated rings. The molecular formula is C52H87N13O18. The molecule has 0 radical (unpaired) electrons. The third-order valence-electron chi connectivity index (χ3n) is 13.8. The van der Waals surface area contributed by atoms with Crippen molar-refractivity contribution in [2.24, 2.45) is 35.1 Å². The number of imidazole rings is 1. The highest BCUT2D eigenvalue weighted by Gasteiger charge is 2.40. The molecule has 1 aromatic heterocycles. The quantitative estimate of drug-likeness (QED) is 0.0301. The molecule has 15 atom stereocenters. The van der Waals surface area contributed by atoms with E-state index in [0.717, 1.165) is 13.8 Å². The first-order valence-electron chi connectivity index (χ1n) is 27.5. The van der Waals surface area contributed by atoms with Crippen LogP contribution < -0.4 is 59.3 Å². The molecule has 31 heteroatoms. The summed E-state index contributed by atoms with van der Waals surface area (Å²) in [5, 5.41) is 71.8. The van der Waals surface area contributed by atoms with E-state index in [0.29, 0.717) is 12.8 Å². The van der Waals surface area contributed by atoms with E-state index in [4.69, 9.17) is 16.6 Å². The molecule has 31 nitrogen and oxygen atoms in total. The Kier molecular flexibility index (Phi) is 31.7. The lowest BCUT2D eigenvalue weighted by Crippen LogP contribution is -2.64. The first kappa shape index (κ1) is 73.2. The van der Waals surface area contributed by atoms with Gasteiger partial charge in [-0.05, 0) is 56.8 Å². The van der Waals surface area contributed by atoms with Crippen LogP contribution in [0.5, 0.6) is 0 Å². The standard InChI is InChI=1S/C52H87N13O18/c1-11-24(6)38(48(78)60-33(19-29-21-55-22-56-29)46(76)59-34(20-37(71)72)47(77)61-39(25(7)12-2)49(79)63-40(52(82)83)26(8)13-3)62-50(80)42(28(10)67)65-51(81)41(27(9)66)64-44(74)31(15-16-35(54)68)57-45(75)32(18-23(4)5)58-43(73)30(53)14-17-36(69)70/h21-28,30-34,38-42,66-67H,11-20,53H2,1-10H3,(H2,54,68)(H,55,56)(H,57,75)(H,58,73)(H,59,76)(H,60,78)(H,61,77)(H,62,80)(H,63,79)(H,64,74)(H,65,81)(H,69,70)(H,71,72)(H,82,83)/t24-,25-,26-,27+,28+,30-,31-,32-,33-,34-,38-,39-,40-,41-,42-/m0/s1. The van der Waals surface area contributed by atoms with Crippen molar-refractivity contribution in [2.75, 3.05) is 0 Å². The average molecular weight is 1180 g/mol. The van der Waals surface area contributed by atoms with Gasteiger partial charge in [-0.1, -0.05) is 74.7 Å². The maximum absolute atomic E-state index is 14.3. The van der Waals surface area contributed by atoms with Crippen LogP contribution in [-0.4, -0.2) is 185 Å². The first-order chi connectivity index (χ1) is 38.7. The SMILES string of the molecule is CC[C@H](C)[C@H](NC(=O)[C@@H](NC(=O)[C@H](CC(=O)O)NC(=O)[C@H](Cc1cnc[nH]1)NC(=O)[C@@H](NC(=O)[C@@H](NC(=O)[C@@H](NC(=O)[C@H](CCC(N)=O)NC(=O)[C@H](CC(C)C)NC(=O)[C@@H](N)CCC(=O)O)[C@@H](C)O)[C@@H](C)O)[C@@H](C)CC)[C@@H](C)CC)C(=O)O. The number of hydrogen-bond acceptors (Lipinski definition) is 17. The molecule has 0 aliphatic carbocycles. The van der Waals surface area contributed by atoms with Gasteiger partial charge >= 0.3 is 17.9 Å². The summed E-state index contributed by atoms with van der Waals surface area (Å²) in [6, 6.07) is -16.0. The molecule has 0 aliphatic rings. The predicted octanol–water partition coefficient (Wildman–Crippen LogP) is -3.72. The summed E-state index contributed by atoms with van der Waals surface area (Å²) in [6.07, 6.45) is -3.16. The second-order valence-corrected chi connectivity index (χ2v) is 21.2. The van der Waals surface area contributed by atoms with E-state index < -0.39 is 193 Å². The van der Waals surface area contributed by atoms with Crippen molar-refractivity contribution in [2.45, 2.75) is 206 Å². The molecule has 1 rings (SSSR count). The van der Waals surface area contributed by atoms with Crippen molar-refractivity contribution >= 4 is 77.0 Å². The lowest BCUT2D eigenvalue weighted by molar-refractivity contribution is -0.144. The molecule has 19 N–H and O–H groups in total. The summed E-state index contributed by atoms with van der Waals surface area (Å²) in [4.78, 5) is 178. The van der Waals surface area contributed by atoms with Crippen LogP contribution >= 0.6 is 0 Å². The van der Waals surface area contributed by atoms with Crippen LogP contribution in [-0.2, 0) is 68.7 Å². The summed E-state index contributed by atoms with van der Waals surface area (Å²) in [6.45, 7) is 15.4. The number of nitrogens with two attached hydrogens (primary N) is 2. The molecule has 83 heavy (non-hydrogen) atoms. The Morgan fingerprint density at radius 1 is 0.494 bits per heavy atom. The fraction of sp³-hybridized carbons (Fsp3) is 0.692. The van der Waals surface area contributed by atoms with Crippen LogP contribution in [0.2, 0.25) is 0 Å². The number of carbonyl (C=O) groups excluding carboxylic acids is 10. The Bertz CT molecular complexity index is 2390. The molecular weight excluding hydrogens is 1090 g/mol. The lowest BCUT2D eigenvalue weighted by Gasteiger charge is -2.31. The number of carboxylic acid groups (broad SMARTS) is 3. The fourth-order valence-corrected chi connectivity index (χ4v) is 8.10. The van der Waals surface area contributed by atoms with Gasteiger partial charge in [-0.3, -0.25) is 57.5 Å². The monoisotopic (exact) mass is 1180 g/mol. The minimum Gasteiger partial charge on any atom is -0.481 e. The fourth-order valence-electron chi connectivity index (χ4n) is 8.10. The van der Waals surface area contributed by atoms with E-state index in [1.54, 1.807) is 48.5 Å². The zero-order chi connectivity index (χ0) is 63.6. The molecule has 0 aliphatic heterocycles. The molecule has 1 heterocycles. The minimum absolute atomic E-state index is 0.00688. The smallest absolute Gasteiger partial charge is 0.326 e. The van der Waals surface area contributed by atoms with Crippen LogP contribution in [0.3, 0.4) is 0 Å². The van der Waals surface area contributed by atoms with Crippen LogP contribution in [0.25, 0.3) is 0 Å². The van der Waals surface area contributed by atoms with E-state index in [9.17, 15) is 82.8 Å². The lowest BCUT2D eigenvalue weighted by atomic mass is 9.95. The van der Waals surface area contributed by atoms with Crippen LogP contribution in [0.1, 0.15) is 133 Å². The number of aliphatic hydroxyl groups is 2. The van der Waals surface area contributed by atoms with Crippen LogP contribution in [0.4, 0.5) is 0 Å². The largest absolute Gasteiger partial charge is 0.481 e. The number of carbonyl (C=O) groups is 13. The molecule has 0 spiro atoms. The number of aliphatic carboxylic acids is 3. The first-order valence-corrected chi connectivity index (χ1v) is 27.5. The predicted molar refractivity (Wildman–Crippen MR) is 294 cm³/mol. The second-order valence-electron chi connectivity index (χ2n) is 21.2. The summed E-state index contributed by atoms with van der Waals surface area (Å²) in [5.41, 5.74) is 11.4. The maximum Gasteiger partial charge on any atom is 0.326 e. The Morgan fingerprint density at radius 3 is 1.34 bits per heavy atom. The van der Waals surface area contributed by atoms with E-state index in [1.165, 1.54) is 19.4 Å². The molecule has 10 amide bonds. The highest BCUT2D eigenvalue weighted by atomic mass is 16.4. The van der Waals surface area contributed by atoms with Crippen LogP contribution in [0, 0.1) is 23.7 Å². The van der Waals surface area contributed by atoms with Gasteiger partial charge in [0, 0.05) is 31.2 Å². The third-order valence-corrected chi connectivity index (χ3v) is 13.8. The topological polar surface area (TPSA) is 512 Å². The molecule has 468 valence electrons. The van der Waals surface area contributed by atoms with Gasteiger partial charge in [0.25, 0.3) is 0 Å². The summed E-state index contributed by atoms with van der Waals surface area (Å²) < 4.78 is 0. The van der Waals surface area contributed by atoms with E-state index in [2.05, 4.69) is 57.8 Å².